The minimum Gasteiger partial charge on any atom is -0.0689 e. The Balaban J connectivity index is 3.24. The van der Waals surface area contributed by atoms with Crippen molar-refractivity contribution in [2.24, 2.45) is 0 Å². The predicted molar refractivity (Wildman–Crippen MR) is 72.0 cm³/mol. The van der Waals surface area contributed by atoms with E-state index in [0.29, 0.717) is 5.04 Å². The lowest BCUT2D eigenvalue weighted by Crippen LogP contribution is -2.48. The van der Waals surface area contributed by atoms with Crippen LogP contribution in [0.4, 0.5) is 0 Å². The minimum atomic E-state index is -1.18. The Morgan fingerprint density at radius 2 is 1.40 bits per heavy atom. The lowest BCUT2D eigenvalue weighted by molar-refractivity contribution is 0.537. The van der Waals surface area contributed by atoms with Gasteiger partial charge in [0.2, 0.25) is 0 Å². The summed E-state index contributed by atoms with van der Waals surface area (Å²) in [6.07, 6.45) is 2.53. The molecule has 0 nitrogen and oxygen atoms in total. The molecule has 0 heterocycles. The molecule has 0 aliphatic heterocycles. The van der Waals surface area contributed by atoms with Gasteiger partial charge in [-0.05, 0) is 23.4 Å². The maximum atomic E-state index is 2.49. The van der Waals surface area contributed by atoms with Gasteiger partial charge in [0.25, 0.3) is 0 Å². The topological polar surface area (TPSA) is 0 Å². The fraction of sp³-hybridized carbons (Fsp3) is 0.571. The molecule has 0 atom stereocenters. The molecule has 0 spiro atoms. The van der Waals surface area contributed by atoms with E-state index in [1.165, 1.54) is 12.8 Å². The van der Waals surface area contributed by atoms with Crippen LogP contribution in [-0.2, 0) is 5.04 Å². The van der Waals surface area contributed by atoms with E-state index in [2.05, 4.69) is 63.8 Å². The lowest BCUT2D eigenvalue weighted by Gasteiger charge is -2.43. The molecule has 0 N–H and O–H groups in total. The number of hydrogen-bond acceptors (Lipinski definition) is 0. The molecule has 1 rings (SSSR count). The van der Waals surface area contributed by atoms with Gasteiger partial charge in [-0.1, -0.05) is 63.8 Å². The first-order chi connectivity index (χ1) is 6.98. The zero-order valence-corrected chi connectivity index (χ0v) is 11.8. The van der Waals surface area contributed by atoms with Crippen LogP contribution in [0, 0.1) is 0 Å². The molecular formula is C14H24Si. The van der Waals surface area contributed by atoms with Crippen molar-refractivity contribution in [2.45, 2.75) is 51.4 Å². The van der Waals surface area contributed by atoms with Crippen molar-refractivity contribution >= 4 is 8.07 Å². The lowest BCUT2D eigenvalue weighted by atomic mass is 9.92. The highest BCUT2D eigenvalue weighted by Crippen LogP contribution is 2.40. The largest absolute Gasteiger partial charge is 0.0689 e. The quantitative estimate of drug-likeness (QED) is 0.649. The Bertz CT molecular complexity index is 291. The third-order valence-electron chi connectivity index (χ3n) is 3.97. The van der Waals surface area contributed by atoms with Gasteiger partial charge in [-0.3, -0.25) is 0 Å². The molecule has 1 aromatic carbocycles. The van der Waals surface area contributed by atoms with Crippen molar-refractivity contribution in [2.75, 3.05) is 0 Å². The van der Waals surface area contributed by atoms with E-state index in [1.807, 2.05) is 0 Å². The summed E-state index contributed by atoms with van der Waals surface area (Å²) in [4.78, 5) is 0. The average Bonchev–Trinajstić information content (AvgIpc) is 2.20. The third kappa shape index (κ3) is 2.17. The van der Waals surface area contributed by atoms with Crippen LogP contribution in [0.25, 0.3) is 0 Å². The van der Waals surface area contributed by atoms with Crippen molar-refractivity contribution < 1.29 is 0 Å². The second-order valence-corrected chi connectivity index (χ2v) is 10.9. The smallest absolute Gasteiger partial charge is 0.0556 e. The molecule has 0 saturated heterocycles. The third-order valence-corrected chi connectivity index (χ3v) is 7.84. The summed E-state index contributed by atoms with van der Waals surface area (Å²) >= 11 is 0. The van der Waals surface area contributed by atoms with E-state index in [1.54, 1.807) is 5.56 Å². The minimum absolute atomic E-state index is 0.453. The Morgan fingerprint density at radius 3 is 1.73 bits per heavy atom. The summed E-state index contributed by atoms with van der Waals surface area (Å²) in [7, 11) is -1.18. The van der Waals surface area contributed by atoms with Crippen LogP contribution in [0.15, 0.2) is 30.3 Å². The molecule has 0 bridgehead atoms. The molecule has 0 aliphatic carbocycles. The van der Waals surface area contributed by atoms with E-state index >= 15 is 0 Å². The molecular weight excluding hydrogens is 196 g/mol. The molecule has 0 radical (unpaired) electrons. The highest BCUT2D eigenvalue weighted by molar-refractivity contribution is 6.79. The zero-order valence-electron chi connectivity index (χ0n) is 10.8. The van der Waals surface area contributed by atoms with Gasteiger partial charge in [0.15, 0.2) is 0 Å². The van der Waals surface area contributed by atoms with Crippen molar-refractivity contribution in [3.8, 4) is 0 Å². The number of hydrogen-bond donors (Lipinski definition) is 0. The van der Waals surface area contributed by atoms with Crippen molar-refractivity contribution in [1.82, 2.24) is 0 Å². The highest BCUT2D eigenvalue weighted by Gasteiger charge is 2.41. The van der Waals surface area contributed by atoms with E-state index in [4.69, 9.17) is 0 Å². The summed E-state index contributed by atoms with van der Waals surface area (Å²) in [5, 5.41) is 0.453. The standard InChI is InChI=1S/C14H24Si/c1-6-14(7-2,15(3,4)5)13-11-9-8-10-12-13/h8-12H,6-7H2,1-5H3. The number of benzene rings is 1. The normalized spacial score (nSPS) is 12.9. The Hall–Kier alpha value is -0.563. The summed E-state index contributed by atoms with van der Waals surface area (Å²) in [6.45, 7) is 12.2. The molecule has 84 valence electrons. The molecule has 1 heteroatoms. The van der Waals surface area contributed by atoms with Crippen LogP contribution in [0.2, 0.25) is 19.6 Å². The molecule has 0 amide bonds. The van der Waals surface area contributed by atoms with Gasteiger partial charge in [0.1, 0.15) is 0 Å². The van der Waals surface area contributed by atoms with E-state index in [9.17, 15) is 0 Å². The number of rotatable bonds is 4. The van der Waals surface area contributed by atoms with Gasteiger partial charge >= 0.3 is 0 Å². The van der Waals surface area contributed by atoms with Crippen molar-refractivity contribution in [3.63, 3.8) is 0 Å². The van der Waals surface area contributed by atoms with Gasteiger partial charge in [-0.2, -0.15) is 0 Å². The Morgan fingerprint density at radius 1 is 0.933 bits per heavy atom. The van der Waals surface area contributed by atoms with Gasteiger partial charge in [-0.25, -0.2) is 0 Å². The maximum absolute atomic E-state index is 2.49. The summed E-state index contributed by atoms with van der Waals surface area (Å²) in [6, 6.07) is 11.1. The summed E-state index contributed by atoms with van der Waals surface area (Å²) in [5.41, 5.74) is 1.55. The average molecular weight is 220 g/mol. The van der Waals surface area contributed by atoms with Crippen LogP contribution < -0.4 is 0 Å². The highest BCUT2D eigenvalue weighted by atomic mass is 28.3. The van der Waals surface area contributed by atoms with E-state index in [0.717, 1.165) is 0 Å². The van der Waals surface area contributed by atoms with E-state index < -0.39 is 8.07 Å². The van der Waals surface area contributed by atoms with E-state index in [-0.39, 0.29) is 0 Å². The zero-order chi connectivity index (χ0) is 11.5. The molecule has 0 fully saturated rings. The fourth-order valence-electron chi connectivity index (χ4n) is 2.91. The first-order valence-electron chi connectivity index (χ1n) is 6.03. The Kier molecular flexibility index (Phi) is 3.77. The molecule has 0 unspecified atom stereocenters. The van der Waals surface area contributed by atoms with Gasteiger partial charge in [-0.15, -0.1) is 0 Å². The van der Waals surface area contributed by atoms with Crippen LogP contribution in [0.1, 0.15) is 32.3 Å². The SMILES string of the molecule is CCC(CC)(c1ccccc1)[Si](C)(C)C. The second-order valence-electron chi connectivity index (χ2n) is 5.41. The first kappa shape index (κ1) is 12.5. The first-order valence-corrected chi connectivity index (χ1v) is 9.53. The summed E-state index contributed by atoms with van der Waals surface area (Å²) in [5.74, 6) is 0. The van der Waals surface area contributed by atoms with Crippen LogP contribution in [-0.4, -0.2) is 8.07 Å². The molecule has 15 heavy (non-hydrogen) atoms. The van der Waals surface area contributed by atoms with Crippen molar-refractivity contribution in [1.29, 1.82) is 0 Å². The summed E-state index contributed by atoms with van der Waals surface area (Å²) < 4.78 is 0. The van der Waals surface area contributed by atoms with Gasteiger partial charge in [0.05, 0.1) is 8.07 Å². The molecule has 1 aromatic rings. The fourth-order valence-corrected chi connectivity index (χ4v) is 6.06. The molecule has 0 saturated carbocycles. The monoisotopic (exact) mass is 220 g/mol. The molecule has 0 aromatic heterocycles. The van der Waals surface area contributed by atoms with Gasteiger partial charge < -0.3 is 0 Å². The Labute approximate surface area is 95.7 Å². The van der Waals surface area contributed by atoms with Crippen LogP contribution in [0.5, 0.6) is 0 Å². The van der Waals surface area contributed by atoms with Crippen LogP contribution in [0.3, 0.4) is 0 Å². The maximum Gasteiger partial charge on any atom is 0.0556 e. The second kappa shape index (κ2) is 4.52. The van der Waals surface area contributed by atoms with Crippen LogP contribution >= 0.6 is 0 Å². The molecule has 0 aliphatic rings. The van der Waals surface area contributed by atoms with Gasteiger partial charge in [0, 0.05) is 0 Å². The predicted octanol–water partition coefficient (Wildman–Crippen LogP) is 4.62. The van der Waals surface area contributed by atoms with Crippen molar-refractivity contribution in [3.05, 3.63) is 35.9 Å².